The minimum Gasteiger partial charge on any atom is -0.497 e. The first-order valence-electron chi connectivity index (χ1n) is 8.76. The molecule has 0 saturated heterocycles. The van der Waals surface area contributed by atoms with E-state index in [1.165, 1.54) is 0 Å². The highest BCUT2D eigenvalue weighted by Gasteiger charge is 2.17. The quantitative estimate of drug-likeness (QED) is 0.670. The van der Waals surface area contributed by atoms with Crippen LogP contribution in [0.25, 0.3) is 10.9 Å². The molecule has 5 nitrogen and oxygen atoms in total. The Hall–Kier alpha value is -2.50. The fourth-order valence-electron chi connectivity index (χ4n) is 2.90. The third-order valence-corrected chi connectivity index (χ3v) is 4.55. The fourth-order valence-corrected chi connectivity index (χ4v) is 2.90. The molecule has 1 heterocycles. The van der Waals surface area contributed by atoms with E-state index >= 15 is 0 Å². The molecule has 0 radical (unpaired) electrons. The standard InChI is InChI=1S/C21H25N3O2.ClH/c1-14(2)20(22)21(25)23-17-8-7-16-9-10-24(19(16)12-17)13-15-5-4-6-18(11-15)26-3;/h4-12,14,20H,13,22H2,1-3H3,(H,23,25);1H/t20-;/m0./s1. The summed E-state index contributed by atoms with van der Waals surface area (Å²) in [5, 5.41) is 4.04. The Morgan fingerprint density at radius 3 is 2.67 bits per heavy atom. The zero-order chi connectivity index (χ0) is 18.7. The van der Waals surface area contributed by atoms with Crippen LogP contribution in [0, 0.1) is 5.92 Å². The van der Waals surface area contributed by atoms with Crippen molar-refractivity contribution in [3.8, 4) is 5.75 Å². The molecule has 3 rings (SSSR count). The highest BCUT2D eigenvalue weighted by molar-refractivity contribution is 5.96. The van der Waals surface area contributed by atoms with Crippen LogP contribution >= 0.6 is 12.4 Å². The molecule has 6 heteroatoms. The van der Waals surface area contributed by atoms with Gasteiger partial charge in [-0.3, -0.25) is 4.79 Å². The number of amides is 1. The molecular weight excluding hydrogens is 362 g/mol. The number of methoxy groups -OCH3 is 1. The number of ether oxygens (including phenoxy) is 1. The van der Waals surface area contributed by atoms with Gasteiger partial charge in [0.15, 0.2) is 0 Å². The van der Waals surface area contributed by atoms with Gasteiger partial charge in [0.25, 0.3) is 0 Å². The van der Waals surface area contributed by atoms with Gasteiger partial charge in [-0.15, -0.1) is 12.4 Å². The molecule has 3 aromatic rings. The van der Waals surface area contributed by atoms with Gasteiger partial charge in [-0.05, 0) is 47.2 Å². The van der Waals surface area contributed by atoms with Crippen LogP contribution in [0.3, 0.4) is 0 Å². The summed E-state index contributed by atoms with van der Waals surface area (Å²) in [7, 11) is 1.67. The molecule has 0 saturated carbocycles. The normalized spacial score (nSPS) is 11.9. The Morgan fingerprint density at radius 1 is 1.19 bits per heavy atom. The second kappa shape index (κ2) is 8.93. The van der Waals surface area contributed by atoms with Crippen LogP contribution < -0.4 is 15.8 Å². The molecule has 0 unspecified atom stereocenters. The number of nitrogens with two attached hydrogens (primary N) is 1. The molecule has 0 bridgehead atoms. The molecular formula is C21H26ClN3O2. The molecule has 1 atom stereocenters. The van der Waals surface area contributed by atoms with Gasteiger partial charge in [0.05, 0.1) is 18.7 Å². The first-order valence-corrected chi connectivity index (χ1v) is 8.76. The van der Waals surface area contributed by atoms with Gasteiger partial charge in [0.1, 0.15) is 5.75 Å². The molecule has 0 aliphatic carbocycles. The predicted octanol–water partition coefficient (Wildman–Crippen LogP) is 4.04. The number of hydrogen-bond donors (Lipinski definition) is 2. The van der Waals surface area contributed by atoms with Gasteiger partial charge in [0.2, 0.25) is 5.91 Å². The van der Waals surface area contributed by atoms with Gasteiger partial charge >= 0.3 is 0 Å². The first-order chi connectivity index (χ1) is 12.5. The summed E-state index contributed by atoms with van der Waals surface area (Å²) in [4.78, 5) is 12.2. The van der Waals surface area contributed by atoms with Crippen molar-refractivity contribution in [1.29, 1.82) is 0 Å². The maximum absolute atomic E-state index is 12.2. The number of nitrogens with zero attached hydrogens (tertiary/aromatic N) is 1. The summed E-state index contributed by atoms with van der Waals surface area (Å²) in [5.41, 5.74) is 8.89. The van der Waals surface area contributed by atoms with Crippen LogP contribution in [-0.4, -0.2) is 23.6 Å². The van der Waals surface area contributed by atoms with Crippen LogP contribution in [0.5, 0.6) is 5.75 Å². The summed E-state index contributed by atoms with van der Waals surface area (Å²) in [6.45, 7) is 4.60. The van der Waals surface area contributed by atoms with E-state index in [0.29, 0.717) is 0 Å². The molecule has 0 fully saturated rings. The molecule has 3 N–H and O–H groups in total. The predicted molar refractivity (Wildman–Crippen MR) is 113 cm³/mol. The molecule has 1 aromatic heterocycles. The Morgan fingerprint density at radius 2 is 1.96 bits per heavy atom. The second-order valence-electron chi connectivity index (χ2n) is 6.83. The van der Waals surface area contributed by atoms with Crippen LogP contribution in [-0.2, 0) is 11.3 Å². The van der Waals surface area contributed by atoms with E-state index in [2.05, 4.69) is 28.2 Å². The summed E-state index contributed by atoms with van der Waals surface area (Å²) >= 11 is 0. The number of carbonyl (C=O) groups excluding carboxylic acids is 1. The number of anilines is 1. The maximum Gasteiger partial charge on any atom is 0.241 e. The van der Waals surface area contributed by atoms with E-state index in [1.54, 1.807) is 7.11 Å². The first kappa shape index (κ1) is 20.8. The van der Waals surface area contributed by atoms with Crippen molar-refractivity contribution in [2.75, 3.05) is 12.4 Å². The lowest BCUT2D eigenvalue weighted by molar-refractivity contribution is -0.118. The Bertz CT molecular complexity index is 921. The van der Waals surface area contributed by atoms with Crippen molar-refractivity contribution in [1.82, 2.24) is 4.57 Å². The number of carbonyl (C=O) groups is 1. The van der Waals surface area contributed by atoms with Gasteiger partial charge in [-0.1, -0.05) is 32.0 Å². The highest BCUT2D eigenvalue weighted by atomic mass is 35.5. The summed E-state index contributed by atoms with van der Waals surface area (Å²) in [6.07, 6.45) is 2.05. The number of hydrogen-bond acceptors (Lipinski definition) is 3. The zero-order valence-corrected chi connectivity index (χ0v) is 16.6. The fraction of sp³-hybridized carbons (Fsp3) is 0.286. The summed E-state index contributed by atoms with van der Waals surface area (Å²) < 4.78 is 7.45. The third-order valence-electron chi connectivity index (χ3n) is 4.55. The van der Waals surface area contributed by atoms with Gasteiger partial charge in [-0.2, -0.15) is 0 Å². The average molecular weight is 388 g/mol. The molecule has 1 amide bonds. The van der Waals surface area contributed by atoms with E-state index in [1.807, 2.05) is 50.2 Å². The number of nitrogens with one attached hydrogen (secondary N) is 1. The average Bonchev–Trinajstić information content (AvgIpc) is 3.03. The van der Waals surface area contributed by atoms with E-state index < -0.39 is 6.04 Å². The SMILES string of the molecule is COc1cccc(Cn2ccc3ccc(NC(=O)[C@@H](N)C(C)C)cc32)c1.Cl. The lowest BCUT2D eigenvalue weighted by Crippen LogP contribution is -2.39. The van der Waals surface area contributed by atoms with Crippen LogP contribution in [0.1, 0.15) is 19.4 Å². The van der Waals surface area contributed by atoms with Crippen molar-refractivity contribution >= 4 is 34.9 Å². The largest absolute Gasteiger partial charge is 0.497 e. The van der Waals surface area contributed by atoms with Crippen molar-refractivity contribution in [2.45, 2.75) is 26.4 Å². The monoisotopic (exact) mass is 387 g/mol. The molecule has 0 aliphatic rings. The van der Waals surface area contributed by atoms with Crippen molar-refractivity contribution < 1.29 is 9.53 Å². The minimum absolute atomic E-state index is 0. The van der Waals surface area contributed by atoms with Crippen LogP contribution in [0.15, 0.2) is 54.7 Å². The van der Waals surface area contributed by atoms with Crippen LogP contribution in [0.2, 0.25) is 0 Å². The highest BCUT2D eigenvalue weighted by Crippen LogP contribution is 2.23. The molecule has 2 aromatic carbocycles. The zero-order valence-electron chi connectivity index (χ0n) is 15.8. The van der Waals surface area contributed by atoms with Gasteiger partial charge in [0, 0.05) is 18.4 Å². The topological polar surface area (TPSA) is 69.3 Å². The van der Waals surface area contributed by atoms with E-state index in [0.717, 1.165) is 34.4 Å². The van der Waals surface area contributed by atoms with Crippen LogP contribution in [0.4, 0.5) is 5.69 Å². The molecule has 0 spiro atoms. The number of halogens is 1. The third kappa shape index (κ3) is 4.81. The van der Waals surface area contributed by atoms with E-state index in [9.17, 15) is 4.79 Å². The van der Waals surface area contributed by atoms with E-state index in [-0.39, 0.29) is 24.2 Å². The number of aromatic nitrogens is 1. The number of fused-ring (bicyclic) bond motifs is 1. The Kier molecular flexibility index (Phi) is 6.88. The van der Waals surface area contributed by atoms with Crippen molar-refractivity contribution in [3.05, 3.63) is 60.3 Å². The van der Waals surface area contributed by atoms with Gasteiger partial charge in [-0.25, -0.2) is 0 Å². The number of rotatable bonds is 6. The summed E-state index contributed by atoms with van der Waals surface area (Å²) in [5.74, 6) is 0.774. The van der Waals surface area contributed by atoms with E-state index in [4.69, 9.17) is 10.5 Å². The minimum atomic E-state index is -0.519. The maximum atomic E-state index is 12.2. The molecule has 144 valence electrons. The lowest BCUT2D eigenvalue weighted by Gasteiger charge is -2.15. The van der Waals surface area contributed by atoms with Crippen molar-refractivity contribution in [2.24, 2.45) is 11.7 Å². The second-order valence-corrected chi connectivity index (χ2v) is 6.83. The summed E-state index contributed by atoms with van der Waals surface area (Å²) in [6, 6.07) is 15.5. The lowest BCUT2D eigenvalue weighted by atomic mass is 10.0. The smallest absolute Gasteiger partial charge is 0.241 e. The molecule has 27 heavy (non-hydrogen) atoms. The number of benzene rings is 2. The Balaban J connectivity index is 0.00000261. The molecule has 0 aliphatic heterocycles. The Labute approximate surface area is 165 Å². The van der Waals surface area contributed by atoms with Gasteiger partial charge < -0.3 is 20.4 Å². The van der Waals surface area contributed by atoms with Crippen molar-refractivity contribution in [3.63, 3.8) is 0 Å².